The Morgan fingerprint density at radius 2 is 1.88 bits per heavy atom. The van der Waals surface area contributed by atoms with Crippen molar-refractivity contribution in [1.82, 2.24) is 0 Å². The summed E-state index contributed by atoms with van der Waals surface area (Å²) in [7, 11) is 0. The number of aryl methyl sites for hydroxylation is 1. The van der Waals surface area contributed by atoms with Gasteiger partial charge in [0.05, 0.1) is 5.41 Å². The number of hydrogen-bond acceptors (Lipinski definition) is 2. The van der Waals surface area contributed by atoms with Gasteiger partial charge >= 0.3 is 6.18 Å². The summed E-state index contributed by atoms with van der Waals surface area (Å²) in [6.45, 7) is 4.51. The summed E-state index contributed by atoms with van der Waals surface area (Å²) >= 11 is 3.08. The van der Waals surface area contributed by atoms with Crippen LogP contribution in [0.4, 0.5) is 13.2 Å². The van der Waals surface area contributed by atoms with Crippen molar-refractivity contribution in [2.45, 2.75) is 33.4 Å². The summed E-state index contributed by atoms with van der Waals surface area (Å²) in [6.07, 6.45) is -4.10. The lowest BCUT2D eigenvalue weighted by atomic mass is 9.88. The summed E-state index contributed by atoms with van der Waals surface area (Å²) in [6, 6.07) is 1.89. The molecule has 5 heteroatoms. The molecular formula is C12H13F3S2. The van der Waals surface area contributed by atoms with Crippen LogP contribution in [-0.4, -0.2) is 6.18 Å². The molecular weight excluding hydrogens is 265 g/mol. The van der Waals surface area contributed by atoms with Gasteiger partial charge in [0.15, 0.2) is 0 Å². The summed E-state index contributed by atoms with van der Waals surface area (Å²) in [5, 5.41) is 2.04. The molecule has 0 amide bonds. The van der Waals surface area contributed by atoms with Gasteiger partial charge in [0.1, 0.15) is 0 Å². The van der Waals surface area contributed by atoms with Gasteiger partial charge < -0.3 is 0 Å². The molecule has 0 aromatic carbocycles. The Balaban J connectivity index is 2.30. The van der Waals surface area contributed by atoms with Gasteiger partial charge in [0.25, 0.3) is 0 Å². The molecule has 2 aromatic rings. The number of thiophene rings is 2. The fourth-order valence-electron chi connectivity index (χ4n) is 1.61. The highest BCUT2D eigenvalue weighted by molar-refractivity contribution is 7.27. The van der Waals surface area contributed by atoms with Crippen LogP contribution < -0.4 is 0 Å². The minimum Gasteiger partial charge on any atom is -0.171 e. The lowest BCUT2D eigenvalue weighted by Gasteiger charge is -2.26. The second kappa shape index (κ2) is 3.99. The molecule has 94 valence electrons. The van der Waals surface area contributed by atoms with Crippen LogP contribution in [0.1, 0.15) is 24.3 Å². The first-order valence-electron chi connectivity index (χ1n) is 5.24. The van der Waals surface area contributed by atoms with Gasteiger partial charge in [-0.1, -0.05) is 13.8 Å². The summed E-state index contributed by atoms with van der Waals surface area (Å²) in [5.74, 6) is 0. The molecule has 0 nitrogen and oxygen atoms in total. The molecule has 0 aliphatic rings. The van der Waals surface area contributed by atoms with Crippen LogP contribution >= 0.6 is 22.7 Å². The van der Waals surface area contributed by atoms with E-state index in [9.17, 15) is 13.2 Å². The third-order valence-electron chi connectivity index (χ3n) is 2.85. The zero-order valence-corrected chi connectivity index (χ0v) is 11.4. The maximum Gasteiger partial charge on any atom is 0.394 e. The van der Waals surface area contributed by atoms with E-state index in [2.05, 4.69) is 0 Å². The van der Waals surface area contributed by atoms with Crippen LogP contribution in [0.15, 0.2) is 11.4 Å². The molecule has 0 bridgehead atoms. The van der Waals surface area contributed by atoms with Crippen LogP contribution in [0.2, 0.25) is 0 Å². The van der Waals surface area contributed by atoms with Crippen molar-refractivity contribution < 1.29 is 13.2 Å². The number of rotatable bonds is 2. The second-order valence-electron chi connectivity index (χ2n) is 4.88. The highest BCUT2D eigenvalue weighted by atomic mass is 32.1. The average Bonchev–Trinajstić information content (AvgIpc) is 2.66. The monoisotopic (exact) mass is 278 g/mol. The fourth-order valence-corrected chi connectivity index (χ4v) is 4.18. The standard InChI is InChI=1S/C12H13F3S2/c1-7-6-16-9-4-8(17-10(7)9)5-11(2,3)12(13,14)15/h4,6H,5H2,1-3H3. The zero-order chi connectivity index (χ0) is 12.8. The van der Waals surface area contributed by atoms with Gasteiger partial charge in [0, 0.05) is 14.3 Å². The number of fused-ring (bicyclic) bond motifs is 1. The van der Waals surface area contributed by atoms with Crippen molar-refractivity contribution in [2.75, 3.05) is 0 Å². The molecule has 17 heavy (non-hydrogen) atoms. The molecule has 2 rings (SSSR count). The van der Waals surface area contributed by atoms with E-state index in [0.717, 1.165) is 19.8 Å². The molecule has 2 heterocycles. The first kappa shape index (κ1) is 12.9. The first-order chi connectivity index (χ1) is 7.71. The number of hydrogen-bond donors (Lipinski definition) is 0. The topological polar surface area (TPSA) is 0 Å². The minimum atomic E-state index is -4.15. The molecule has 0 fully saturated rings. The lowest BCUT2D eigenvalue weighted by Crippen LogP contribution is -2.33. The van der Waals surface area contributed by atoms with Gasteiger partial charge in [-0.2, -0.15) is 13.2 Å². The summed E-state index contributed by atoms with van der Waals surface area (Å²) in [5.41, 5.74) is -0.500. The van der Waals surface area contributed by atoms with Gasteiger partial charge in [-0.05, 0) is 30.4 Å². The molecule has 0 saturated heterocycles. The average molecular weight is 278 g/mol. The number of halogens is 3. The first-order valence-corrected chi connectivity index (χ1v) is 6.93. The van der Waals surface area contributed by atoms with Crippen LogP contribution in [0.25, 0.3) is 9.40 Å². The van der Waals surface area contributed by atoms with Crippen molar-refractivity contribution >= 4 is 32.1 Å². The van der Waals surface area contributed by atoms with E-state index in [0.29, 0.717) is 0 Å². The minimum absolute atomic E-state index is 0.0575. The third-order valence-corrected chi connectivity index (χ3v) is 5.30. The molecule has 0 aliphatic heterocycles. The molecule has 0 saturated carbocycles. The number of alkyl halides is 3. The Morgan fingerprint density at radius 3 is 2.41 bits per heavy atom. The maximum atomic E-state index is 12.8. The second-order valence-corrected chi connectivity index (χ2v) is 6.93. The maximum absolute atomic E-state index is 12.8. The summed E-state index contributed by atoms with van der Waals surface area (Å²) < 4.78 is 40.6. The smallest absolute Gasteiger partial charge is 0.171 e. The summed E-state index contributed by atoms with van der Waals surface area (Å²) in [4.78, 5) is 0.817. The van der Waals surface area contributed by atoms with Crippen molar-refractivity contribution in [2.24, 2.45) is 5.41 Å². The SMILES string of the molecule is Cc1csc2cc(CC(C)(C)C(F)(F)F)sc12. The van der Waals surface area contributed by atoms with Crippen LogP contribution in [0, 0.1) is 12.3 Å². The van der Waals surface area contributed by atoms with Crippen molar-refractivity contribution in [3.8, 4) is 0 Å². The van der Waals surface area contributed by atoms with Crippen molar-refractivity contribution in [3.63, 3.8) is 0 Å². The van der Waals surface area contributed by atoms with Crippen LogP contribution in [0.3, 0.4) is 0 Å². The molecule has 0 radical (unpaired) electrons. The highest BCUT2D eigenvalue weighted by Crippen LogP contribution is 2.43. The van der Waals surface area contributed by atoms with Crippen LogP contribution in [0.5, 0.6) is 0 Å². The molecule has 0 aliphatic carbocycles. The molecule has 0 spiro atoms. The predicted octanol–water partition coefficient (Wildman–Crippen LogP) is 5.40. The van der Waals surface area contributed by atoms with Gasteiger partial charge in [0.2, 0.25) is 0 Å². The third kappa shape index (κ3) is 2.36. The molecule has 0 atom stereocenters. The molecule has 0 unspecified atom stereocenters. The van der Waals surface area contributed by atoms with E-state index in [4.69, 9.17) is 0 Å². The van der Waals surface area contributed by atoms with Gasteiger partial charge in [-0.15, -0.1) is 22.7 Å². The fraction of sp³-hybridized carbons (Fsp3) is 0.500. The van der Waals surface area contributed by atoms with E-state index < -0.39 is 11.6 Å². The largest absolute Gasteiger partial charge is 0.394 e. The van der Waals surface area contributed by atoms with E-state index >= 15 is 0 Å². The Labute approximate surface area is 106 Å². The Hall–Kier alpha value is -0.550. The van der Waals surface area contributed by atoms with Gasteiger partial charge in [-0.25, -0.2) is 0 Å². The normalized spacial score (nSPS) is 13.5. The Morgan fingerprint density at radius 1 is 1.24 bits per heavy atom. The lowest BCUT2D eigenvalue weighted by molar-refractivity contribution is -0.210. The van der Waals surface area contributed by atoms with E-state index in [1.165, 1.54) is 25.2 Å². The quantitative estimate of drug-likeness (QED) is 0.689. The van der Waals surface area contributed by atoms with E-state index in [1.807, 2.05) is 18.4 Å². The zero-order valence-electron chi connectivity index (χ0n) is 9.81. The van der Waals surface area contributed by atoms with E-state index in [-0.39, 0.29) is 6.42 Å². The van der Waals surface area contributed by atoms with E-state index in [1.54, 1.807) is 11.3 Å². The Bertz CT molecular complexity index is 531. The van der Waals surface area contributed by atoms with Crippen molar-refractivity contribution in [1.29, 1.82) is 0 Å². The van der Waals surface area contributed by atoms with Crippen LogP contribution in [-0.2, 0) is 6.42 Å². The molecule has 2 aromatic heterocycles. The molecule has 0 N–H and O–H groups in total. The predicted molar refractivity (Wildman–Crippen MR) is 68.0 cm³/mol. The Kier molecular flexibility index (Phi) is 3.02. The highest BCUT2D eigenvalue weighted by Gasteiger charge is 2.47. The van der Waals surface area contributed by atoms with Crippen molar-refractivity contribution in [3.05, 3.63) is 21.9 Å². The van der Waals surface area contributed by atoms with Gasteiger partial charge in [-0.3, -0.25) is 0 Å².